The molecule has 3 aromatic heterocycles. The molecule has 0 aliphatic carbocycles. The molecule has 0 amide bonds. The number of hydrogen-bond donors (Lipinski definition) is 0. The molecule has 0 unspecified atom stereocenters. The molecule has 27 heavy (non-hydrogen) atoms. The second-order valence-electron chi connectivity index (χ2n) is 5.46. The topological polar surface area (TPSA) is 80.3 Å². The third kappa shape index (κ3) is 3.51. The Kier molecular flexibility index (Phi) is 4.78. The summed E-state index contributed by atoms with van der Waals surface area (Å²) in [4.78, 5) is 19.0. The average Bonchev–Trinajstić information content (AvgIpc) is 3.36. The molecule has 4 aromatic rings. The van der Waals surface area contributed by atoms with Gasteiger partial charge in [-0.3, -0.25) is 4.79 Å². The maximum atomic E-state index is 12.9. The summed E-state index contributed by atoms with van der Waals surface area (Å²) >= 11 is 3.04. The van der Waals surface area contributed by atoms with Gasteiger partial charge in [0.15, 0.2) is 6.61 Å². The highest BCUT2D eigenvalue weighted by Crippen LogP contribution is 2.33. The molecule has 1 aromatic carbocycles. The molecule has 0 fully saturated rings. The molecule has 8 heteroatoms. The van der Waals surface area contributed by atoms with Crippen LogP contribution in [0.4, 0.5) is 0 Å². The van der Waals surface area contributed by atoms with Gasteiger partial charge in [0, 0.05) is 15.8 Å². The second-order valence-corrected chi connectivity index (χ2v) is 7.27. The summed E-state index contributed by atoms with van der Waals surface area (Å²) in [5, 5.41) is 17.3. The van der Waals surface area contributed by atoms with Crippen molar-refractivity contribution in [1.29, 1.82) is 5.26 Å². The Morgan fingerprint density at radius 3 is 2.85 bits per heavy atom. The molecule has 0 radical (unpaired) electrons. The van der Waals surface area contributed by atoms with Crippen LogP contribution in [-0.2, 0) is 0 Å². The molecular weight excluding hydrogens is 380 g/mol. The van der Waals surface area contributed by atoms with E-state index in [0.29, 0.717) is 16.0 Å². The van der Waals surface area contributed by atoms with Crippen LogP contribution in [0.3, 0.4) is 0 Å². The summed E-state index contributed by atoms with van der Waals surface area (Å²) in [6.07, 6.45) is 3.01. The molecule has 0 aliphatic rings. The van der Waals surface area contributed by atoms with E-state index in [-0.39, 0.29) is 12.2 Å². The number of nitriles is 1. The molecule has 6 nitrogen and oxygen atoms in total. The number of nitrogens with zero attached hydrogens (tertiary/aromatic N) is 4. The third-order valence-corrected chi connectivity index (χ3v) is 5.57. The molecule has 0 N–H and O–H groups in total. The number of ether oxygens (including phenoxy) is 1. The molecule has 3 heterocycles. The molecule has 132 valence electrons. The van der Waals surface area contributed by atoms with Crippen LogP contribution in [0.15, 0.2) is 63.4 Å². The van der Waals surface area contributed by atoms with Crippen LogP contribution in [0.5, 0.6) is 5.75 Å². The van der Waals surface area contributed by atoms with Crippen molar-refractivity contribution in [2.45, 2.75) is 0 Å². The van der Waals surface area contributed by atoms with Gasteiger partial charge in [-0.25, -0.2) is 4.98 Å². The summed E-state index contributed by atoms with van der Waals surface area (Å²) < 4.78 is 6.45. The number of benzene rings is 1. The highest BCUT2D eigenvalue weighted by Gasteiger charge is 2.13. The first-order valence-corrected chi connectivity index (χ1v) is 9.69. The zero-order valence-electron chi connectivity index (χ0n) is 13.9. The lowest BCUT2D eigenvalue weighted by molar-refractivity contribution is 0.368. The van der Waals surface area contributed by atoms with Crippen LogP contribution >= 0.6 is 22.7 Å². The van der Waals surface area contributed by atoms with Crippen molar-refractivity contribution in [3.63, 3.8) is 0 Å². The highest BCUT2D eigenvalue weighted by atomic mass is 32.1. The first-order valence-electron chi connectivity index (χ1n) is 7.93. The monoisotopic (exact) mass is 392 g/mol. The minimum Gasteiger partial charge on any atom is -0.479 e. The van der Waals surface area contributed by atoms with E-state index in [1.54, 1.807) is 41.8 Å². The van der Waals surface area contributed by atoms with Crippen LogP contribution in [0.25, 0.3) is 20.7 Å². The lowest BCUT2D eigenvalue weighted by Gasteiger charge is -2.02. The van der Waals surface area contributed by atoms with Gasteiger partial charge in [0.2, 0.25) is 0 Å². The molecule has 0 saturated carbocycles. The van der Waals surface area contributed by atoms with Crippen molar-refractivity contribution in [1.82, 2.24) is 9.66 Å². The zero-order valence-corrected chi connectivity index (χ0v) is 15.5. The molecule has 0 spiro atoms. The highest BCUT2D eigenvalue weighted by molar-refractivity contribution is 7.18. The molecule has 4 rings (SSSR count). The van der Waals surface area contributed by atoms with Crippen molar-refractivity contribution >= 4 is 39.1 Å². The Hall–Kier alpha value is -3.28. The fourth-order valence-electron chi connectivity index (χ4n) is 2.51. The van der Waals surface area contributed by atoms with Gasteiger partial charge >= 0.3 is 0 Å². The smallest absolute Gasteiger partial charge is 0.283 e. The second kappa shape index (κ2) is 7.53. The van der Waals surface area contributed by atoms with Gasteiger partial charge in [-0.2, -0.15) is 15.0 Å². The number of rotatable bonds is 5. The van der Waals surface area contributed by atoms with E-state index >= 15 is 0 Å². The summed E-state index contributed by atoms with van der Waals surface area (Å²) in [6, 6.07) is 13.0. The van der Waals surface area contributed by atoms with Crippen LogP contribution in [0.1, 0.15) is 5.56 Å². The van der Waals surface area contributed by atoms with Gasteiger partial charge in [-0.1, -0.05) is 6.07 Å². The quantitative estimate of drug-likeness (QED) is 0.481. The first kappa shape index (κ1) is 17.1. The fourth-order valence-corrected chi connectivity index (χ4v) is 4.23. The molecule has 0 atom stereocenters. The van der Waals surface area contributed by atoms with Gasteiger partial charge in [-0.15, -0.1) is 22.7 Å². The minimum absolute atomic E-state index is 0.00171. The summed E-state index contributed by atoms with van der Waals surface area (Å²) in [7, 11) is 0. The largest absolute Gasteiger partial charge is 0.479 e. The molecular formula is C19H12N4O2S2. The Bertz CT molecular complexity index is 1200. The van der Waals surface area contributed by atoms with E-state index in [2.05, 4.69) is 10.1 Å². The zero-order chi connectivity index (χ0) is 18.6. The normalized spacial score (nSPS) is 11.1. The Morgan fingerprint density at radius 1 is 1.26 bits per heavy atom. The number of hydrogen-bond acceptors (Lipinski definition) is 7. The van der Waals surface area contributed by atoms with Crippen LogP contribution in [0, 0.1) is 11.3 Å². The number of thiophene rings is 2. The van der Waals surface area contributed by atoms with Crippen molar-refractivity contribution in [2.24, 2.45) is 5.10 Å². The van der Waals surface area contributed by atoms with Crippen molar-refractivity contribution in [3.05, 3.63) is 69.4 Å². The average molecular weight is 392 g/mol. The van der Waals surface area contributed by atoms with Gasteiger partial charge in [0.1, 0.15) is 23.0 Å². The van der Waals surface area contributed by atoms with Crippen molar-refractivity contribution in [3.8, 4) is 22.3 Å². The van der Waals surface area contributed by atoms with E-state index in [1.807, 2.05) is 29.0 Å². The molecule has 0 bridgehead atoms. The SMILES string of the molecule is N#CCOc1ccc(/C=N\n2cnc3scc(-c4cccs4)c3c2=O)cc1. The first-order chi connectivity index (χ1) is 13.3. The van der Waals surface area contributed by atoms with E-state index in [4.69, 9.17) is 10.00 Å². The number of fused-ring (bicyclic) bond motifs is 1. The van der Waals surface area contributed by atoms with E-state index in [9.17, 15) is 4.79 Å². The third-order valence-electron chi connectivity index (χ3n) is 3.78. The van der Waals surface area contributed by atoms with E-state index < -0.39 is 0 Å². The lowest BCUT2D eigenvalue weighted by Crippen LogP contribution is -2.16. The maximum absolute atomic E-state index is 12.9. The fraction of sp³-hybridized carbons (Fsp3) is 0.0526. The van der Waals surface area contributed by atoms with E-state index in [1.165, 1.54) is 22.3 Å². The maximum Gasteiger partial charge on any atom is 0.283 e. The minimum atomic E-state index is -0.199. The standard InChI is InChI=1S/C19H12N4O2S2/c20-7-8-25-14-5-3-13(4-6-14)10-22-23-12-21-18-17(19(23)24)15(11-27-18)16-2-1-9-26-16/h1-6,9-12H,8H2/b22-10-. The predicted octanol–water partition coefficient (Wildman–Crippen LogP) is 3.97. The van der Waals surface area contributed by atoms with Crippen LogP contribution in [0.2, 0.25) is 0 Å². The molecule has 0 saturated heterocycles. The van der Waals surface area contributed by atoms with Crippen molar-refractivity contribution in [2.75, 3.05) is 6.61 Å². The summed E-state index contributed by atoms with van der Waals surface area (Å²) in [5.41, 5.74) is 1.50. The van der Waals surface area contributed by atoms with E-state index in [0.717, 1.165) is 16.0 Å². The van der Waals surface area contributed by atoms with Gasteiger partial charge < -0.3 is 4.74 Å². The number of aromatic nitrogens is 2. The van der Waals surface area contributed by atoms with Gasteiger partial charge in [0.05, 0.1) is 11.6 Å². The Labute approximate surface area is 162 Å². The molecule has 0 aliphatic heterocycles. The predicted molar refractivity (Wildman–Crippen MR) is 108 cm³/mol. The van der Waals surface area contributed by atoms with Crippen LogP contribution in [-0.4, -0.2) is 22.5 Å². The Balaban J connectivity index is 1.65. The van der Waals surface area contributed by atoms with Crippen LogP contribution < -0.4 is 10.3 Å². The van der Waals surface area contributed by atoms with Crippen molar-refractivity contribution < 1.29 is 4.74 Å². The van der Waals surface area contributed by atoms with Gasteiger partial charge in [0.25, 0.3) is 5.56 Å². The lowest BCUT2D eigenvalue weighted by atomic mass is 10.2. The summed E-state index contributed by atoms with van der Waals surface area (Å²) in [5.74, 6) is 0.604. The van der Waals surface area contributed by atoms with Gasteiger partial charge in [-0.05, 0) is 41.3 Å². The summed E-state index contributed by atoms with van der Waals surface area (Å²) in [6.45, 7) is 0.00171. The Morgan fingerprint density at radius 2 is 2.11 bits per heavy atom.